The molecule has 0 radical (unpaired) electrons. The lowest BCUT2D eigenvalue weighted by molar-refractivity contribution is -0.139. The maximum absolute atomic E-state index is 12.1. The van der Waals surface area contributed by atoms with Crippen molar-refractivity contribution in [3.05, 3.63) is 11.7 Å². The molecule has 0 unspecified atom stereocenters. The standard InChI is InChI=1S/C13H20N4O3/c1-4-11-14-10(15-20-11)7-16(3)12(18)8-17-6-5-9(2)13(17)19/h9H,4-8H2,1-3H3/t9-/m0/s1. The Morgan fingerprint density at radius 1 is 1.55 bits per heavy atom. The number of likely N-dealkylation sites (tertiary alicyclic amines) is 1. The van der Waals surface area contributed by atoms with Gasteiger partial charge in [-0.1, -0.05) is 19.0 Å². The SMILES string of the molecule is CCc1nc(CN(C)C(=O)CN2CC[C@H](C)C2=O)no1. The number of aryl methyl sites for hydroxylation is 1. The van der Waals surface area contributed by atoms with Crippen molar-refractivity contribution < 1.29 is 14.1 Å². The summed E-state index contributed by atoms with van der Waals surface area (Å²) in [5.41, 5.74) is 0. The van der Waals surface area contributed by atoms with Crippen LogP contribution >= 0.6 is 0 Å². The second-order valence-corrected chi connectivity index (χ2v) is 5.16. The van der Waals surface area contributed by atoms with E-state index in [1.807, 2.05) is 13.8 Å². The van der Waals surface area contributed by atoms with Crippen LogP contribution in [0.4, 0.5) is 0 Å². The molecule has 7 nitrogen and oxygen atoms in total. The molecule has 110 valence electrons. The van der Waals surface area contributed by atoms with Crippen molar-refractivity contribution in [3.63, 3.8) is 0 Å². The summed E-state index contributed by atoms with van der Waals surface area (Å²) in [7, 11) is 1.67. The largest absolute Gasteiger partial charge is 0.339 e. The van der Waals surface area contributed by atoms with Gasteiger partial charge in [0.2, 0.25) is 17.7 Å². The van der Waals surface area contributed by atoms with Gasteiger partial charge >= 0.3 is 0 Å². The average Bonchev–Trinajstić information content (AvgIpc) is 3.00. The lowest BCUT2D eigenvalue weighted by Gasteiger charge is -2.20. The molecular formula is C13H20N4O3. The fourth-order valence-electron chi connectivity index (χ4n) is 2.13. The van der Waals surface area contributed by atoms with Gasteiger partial charge in [-0.2, -0.15) is 4.98 Å². The van der Waals surface area contributed by atoms with Crippen LogP contribution in [0.1, 0.15) is 32.0 Å². The Kier molecular flexibility index (Phi) is 4.36. The zero-order chi connectivity index (χ0) is 14.7. The van der Waals surface area contributed by atoms with Gasteiger partial charge in [0.1, 0.15) is 0 Å². The highest BCUT2D eigenvalue weighted by Gasteiger charge is 2.30. The Bertz CT molecular complexity index is 500. The van der Waals surface area contributed by atoms with E-state index in [2.05, 4.69) is 10.1 Å². The molecule has 0 aliphatic carbocycles. The first kappa shape index (κ1) is 14.5. The molecule has 1 atom stereocenters. The molecular weight excluding hydrogens is 260 g/mol. The predicted molar refractivity (Wildman–Crippen MR) is 70.5 cm³/mol. The molecule has 0 spiro atoms. The number of rotatable bonds is 5. The molecule has 7 heteroatoms. The first-order chi connectivity index (χ1) is 9.51. The summed E-state index contributed by atoms with van der Waals surface area (Å²) in [6.07, 6.45) is 1.49. The first-order valence-corrected chi connectivity index (χ1v) is 6.85. The number of hydrogen-bond donors (Lipinski definition) is 0. The molecule has 0 N–H and O–H groups in total. The Hall–Kier alpha value is -1.92. The molecule has 1 fully saturated rings. The monoisotopic (exact) mass is 280 g/mol. The molecule has 2 amide bonds. The van der Waals surface area contributed by atoms with Crippen LogP contribution in [0.3, 0.4) is 0 Å². The summed E-state index contributed by atoms with van der Waals surface area (Å²) in [5, 5.41) is 3.81. The summed E-state index contributed by atoms with van der Waals surface area (Å²) in [5.74, 6) is 1.01. The molecule has 0 bridgehead atoms. The number of carbonyl (C=O) groups excluding carboxylic acids is 2. The average molecular weight is 280 g/mol. The quantitative estimate of drug-likeness (QED) is 0.782. The number of amides is 2. The van der Waals surface area contributed by atoms with Crippen LogP contribution in [0.5, 0.6) is 0 Å². The van der Waals surface area contributed by atoms with E-state index < -0.39 is 0 Å². The zero-order valence-corrected chi connectivity index (χ0v) is 12.1. The molecule has 1 saturated heterocycles. The highest BCUT2D eigenvalue weighted by Crippen LogP contribution is 2.16. The Morgan fingerprint density at radius 3 is 2.85 bits per heavy atom. The molecule has 0 aromatic carbocycles. The molecule has 1 aliphatic heterocycles. The van der Waals surface area contributed by atoms with Crippen molar-refractivity contribution in [2.45, 2.75) is 33.2 Å². The van der Waals surface area contributed by atoms with Gasteiger partial charge in [-0.15, -0.1) is 0 Å². The van der Waals surface area contributed by atoms with Crippen LogP contribution < -0.4 is 0 Å². The third kappa shape index (κ3) is 3.15. The van der Waals surface area contributed by atoms with Crippen molar-refractivity contribution in [2.75, 3.05) is 20.1 Å². The van der Waals surface area contributed by atoms with Crippen molar-refractivity contribution in [1.82, 2.24) is 19.9 Å². The van der Waals surface area contributed by atoms with Crippen LogP contribution in [0.25, 0.3) is 0 Å². The van der Waals surface area contributed by atoms with Crippen LogP contribution in [-0.2, 0) is 22.6 Å². The number of aromatic nitrogens is 2. The lowest BCUT2D eigenvalue weighted by Crippen LogP contribution is -2.39. The second kappa shape index (κ2) is 6.02. The van der Waals surface area contributed by atoms with Crippen LogP contribution in [0.15, 0.2) is 4.52 Å². The number of likely N-dealkylation sites (N-methyl/N-ethyl adjacent to an activating group) is 1. The lowest BCUT2D eigenvalue weighted by atomic mass is 10.1. The van der Waals surface area contributed by atoms with Gasteiger partial charge in [-0.3, -0.25) is 9.59 Å². The van der Waals surface area contributed by atoms with Gasteiger partial charge in [-0.25, -0.2) is 0 Å². The highest BCUT2D eigenvalue weighted by molar-refractivity contribution is 5.86. The van der Waals surface area contributed by atoms with E-state index in [0.29, 0.717) is 31.2 Å². The van der Waals surface area contributed by atoms with E-state index >= 15 is 0 Å². The smallest absolute Gasteiger partial charge is 0.242 e. The van der Waals surface area contributed by atoms with Crippen LogP contribution in [0, 0.1) is 5.92 Å². The van der Waals surface area contributed by atoms with Crippen LogP contribution in [-0.4, -0.2) is 51.9 Å². The van der Waals surface area contributed by atoms with Gasteiger partial charge in [0, 0.05) is 25.9 Å². The minimum absolute atomic E-state index is 0.0254. The maximum atomic E-state index is 12.1. The normalized spacial score (nSPS) is 18.6. The van der Waals surface area contributed by atoms with E-state index in [1.165, 1.54) is 4.90 Å². The third-order valence-electron chi connectivity index (χ3n) is 3.51. The van der Waals surface area contributed by atoms with Crippen molar-refractivity contribution in [2.24, 2.45) is 5.92 Å². The molecule has 20 heavy (non-hydrogen) atoms. The summed E-state index contributed by atoms with van der Waals surface area (Å²) in [4.78, 5) is 31.1. The number of hydrogen-bond acceptors (Lipinski definition) is 5. The minimum Gasteiger partial charge on any atom is -0.339 e. The summed E-state index contributed by atoms with van der Waals surface area (Å²) < 4.78 is 5.00. The van der Waals surface area contributed by atoms with Crippen LogP contribution in [0.2, 0.25) is 0 Å². The topological polar surface area (TPSA) is 79.5 Å². The summed E-state index contributed by atoms with van der Waals surface area (Å²) in [6, 6.07) is 0. The van der Waals surface area contributed by atoms with Gasteiger partial charge in [0.25, 0.3) is 0 Å². The van der Waals surface area contributed by atoms with E-state index in [9.17, 15) is 9.59 Å². The molecule has 1 aromatic rings. The van der Waals surface area contributed by atoms with Crippen molar-refractivity contribution >= 4 is 11.8 Å². The first-order valence-electron chi connectivity index (χ1n) is 6.85. The molecule has 1 aliphatic rings. The maximum Gasteiger partial charge on any atom is 0.242 e. The summed E-state index contributed by atoms with van der Waals surface area (Å²) >= 11 is 0. The van der Waals surface area contributed by atoms with E-state index in [4.69, 9.17) is 4.52 Å². The Balaban J connectivity index is 1.87. The minimum atomic E-state index is -0.115. The van der Waals surface area contributed by atoms with Gasteiger partial charge in [0.15, 0.2) is 5.82 Å². The van der Waals surface area contributed by atoms with Gasteiger partial charge in [-0.05, 0) is 6.42 Å². The summed E-state index contributed by atoms with van der Waals surface area (Å²) in [6.45, 7) is 4.88. The molecule has 2 rings (SSSR count). The fourth-order valence-corrected chi connectivity index (χ4v) is 2.13. The zero-order valence-electron chi connectivity index (χ0n) is 12.1. The predicted octanol–water partition coefficient (Wildman–Crippen LogP) is 0.459. The number of nitrogens with zero attached hydrogens (tertiary/aromatic N) is 4. The van der Waals surface area contributed by atoms with E-state index in [1.54, 1.807) is 11.9 Å². The third-order valence-corrected chi connectivity index (χ3v) is 3.51. The van der Waals surface area contributed by atoms with Gasteiger partial charge in [0.05, 0.1) is 13.1 Å². The van der Waals surface area contributed by atoms with Crippen molar-refractivity contribution in [3.8, 4) is 0 Å². The molecule has 0 saturated carbocycles. The highest BCUT2D eigenvalue weighted by atomic mass is 16.5. The van der Waals surface area contributed by atoms with E-state index in [-0.39, 0.29) is 24.3 Å². The second-order valence-electron chi connectivity index (χ2n) is 5.16. The van der Waals surface area contributed by atoms with Crippen molar-refractivity contribution in [1.29, 1.82) is 0 Å². The number of carbonyl (C=O) groups is 2. The Labute approximate surface area is 117 Å². The Morgan fingerprint density at radius 2 is 2.30 bits per heavy atom. The molecule has 1 aromatic heterocycles. The van der Waals surface area contributed by atoms with Gasteiger partial charge < -0.3 is 14.3 Å². The fraction of sp³-hybridized carbons (Fsp3) is 0.692. The van der Waals surface area contributed by atoms with E-state index in [0.717, 1.165) is 6.42 Å². The molecule has 2 heterocycles.